The van der Waals surface area contributed by atoms with Gasteiger partial charge in [-0.05, 0) is 74.6 Å². The zero-order valence-electron chi connectivity index (χ0n) is 40.7. The number of carboxylic acids is 1. The number of rotatable bonds is 33. The summed E-state index contributed by atoms with van der Waals surface area (Å²) in [5.74, 6) is -8.98. The third kappa shape index (κ3) is 22.7. The predicted octanol–water partition coefficient (Wildman–Crippen LogP) is -3.51. The number of phenolic OH excluding ortho intramolecular Hbond substituents is 1. The number of imidazole rings is 1. The van der Waals surface area contributed by atoms with Gasteiger partial charge in [0.2, 0.25) is 47.3 Å². The maximum absolute atomic E-state index is 14.1. The molecular formula is C45H73N15O11. The van der Waals surface area contributed by atoms with Crippen molar-refractivity contribution in [1.29, 1.82) is 0 Å². The molecule has 20 N–H and O–H groups in total. The number of aliphatic carboxylic acids is 1. The Morgan fingerprint density at radius 3 is 1.83 bits per heavy atom. The fraction of sp³-hybridized carbons (Fsp3) is 0.578. The van der Waals surface area contributed by atoms with Gasteiger partial charge in [0.1, 0.15) is 42.0 Å². The fourth-order valence-corrected chi connectivity index (χ4v) is 6.95. The second kappa shape index (κ2) is 31.0. The number of primary amides is 1. The Morgan fingerprint density at radius 2 is 1.27 bits per heavy atom. The number of nitrogens with one attached hydrogen (secondary N) is 8. The van der Waals surface area contributed by atoms with Crippen LogP contribution in [0.5, 0.6) is 5.75 Å². The zero-order valence-corrected chi connectivity index (χ0v) is 40.7. The molecule has 394 valence electrons. The van der Waals surface area contributed by atoms with Crippen LogP contribution in [0.2, 0.25) is 0 Å². The number of guanidine groups is 1. The van der Waals surface area contributed by atoms with E-state index in [9.17, 15) is 53.4 Å². The van der Waals surface area contributed by atoms with Crippen LogP contribution in [0.15, 0.2) is 41.8 Å². The minimum atomic E-state index is -1.86. The number of nitrogens with two attached hydrogens (primary N) is 5. The first kappa shape index (κ1) is 59.8. The smallest absolute Gasteiger partial charge is 0.305 e. The molecule has 0 unspecified atom stereocenters. The molecule has 0 aliphatic heterocycles. The molecule has 1 heterocycles. The number of aromatic amines is 1. The standard InChI is InChI=1S/C45H73N15O11/c1-5-25(4)37(47)44(71)60-31(17-24(2)3)39(66)53-22-35(62)55-33(19-27-21-51-23-54-27)42(69)57-30(10-8-16-52-45(49)50)40(67)59-34(20-36(63)64)43(70)58-32(18-26-11-13-28(61)14-12-26)41(68)56-29(38(48)65)9-6-7-15-46/h11-14,21,23-25,29-34,37,61H,5-10,15-20,22,46-47H2,1-4H3,(H2,48,65)(H,51,54)(H,53,66)(H,55,62)(H,56,68)(H,57,69)(H,58,70)(H,59,67)(H,60,71)(H,63,64)(H4,49,50,52)/t25-,29+,30+,31+,32+,33+,34+,37+/m0/s1. The summed E-state index contributed by atoms with van der Waals surface area (Å²) in [7, 11) is 0. The molecule has 26 nitrogen and oxygen atoms in total. The molecule has 26 heteroatoms. The summed E-state index contributed by atoms with van der Waals surface area (Å²) in [6.07, 6.45) is 3.09. The summed E-state index contributed by atoms with van der Waals surface area (Å²) in [5.41, 5.74) is 29.0. The third-order valence-corrected chi connectivity index (χ3v) is 11.2. The van der Waals surface area contributed by atoms with Gasteiger partial charge in [0.15, 0.2) is 5.96 Å². The van der Waals surface area contributed by atoms with Crippen LogP contribution in [-0.4, -0.2) is 141 Å². The maximum atomic E-state index is 14.1. The van der Waals surface area contributed by atoms with E-state index in [0.29, 0.717) is 37.1 Å². The molecule has 0 aliphatic rings. The van der Waals surface area contributed by atoms with E-state index in [-0.39, 0.29) is 68.6 Å². The summed E-state index contributed by atoms with van der Waals surface area (Å²) in [4.78, 5) is 131. The molecule has 1 aromatic heterocycles. The summed E-state index contributed by atoms with van der Waals surface area (Å²) >= 11 is 0. The number of H-pyrrole nitrogens is 1. The second-order valence-electron chi connectivity index (χ2n) is 17.6. The van der Waals surface area contributed by atoms with Gasteiger partial charge < -0.3 is 81.1 Å². The zero-order chi connectivity index (χ0) is 53.2. The van der Waals surface area contributed by atoms with Crippen molar-refractivity contribution < 1.29 is 53.4 Å². The van der Waals surface area contributed by atoms with E-state index in [4.69, 9.17) is 28.7 Å². The largest absolute Gasteiger partial charge is 0.508 e. The first-order valence-electron chi connectivity index (χ1n) is 23.4. The van der Waals surface area contributed by atoms with Crippen LogP contribution in [0, 0.1) is 11.8 Å². The Hall–Kier alpha value is -7.35. The highest BCUT2D eigenvalue weighted by molar-refractivity contribution is 5.98. The van der Waals surface area contributed by atoms with Crippen LogP contribution in [0.4, 0.5) is 0 Å². The van der Waals surface area contributed by atoms with Crippen molar-refractivity contribution >= 4 is 59.2 Å². The van der Waals surface area contributed by atoms with Gasteiger partial charge in [-0.3, -0.25) is 48.1 Å². The molecule has 0 radical (unpaired) electrons. The summed E-state index contributed by atoms with van der Waals surface area (Å²) in [5, 5.41) is 37.2. The van der Waals surface area contributed by atoms with Gasteiger partial charge >= 0.3 is 5.97 Å². The van der Waals surface area contributed by atoms with E-state index < -0.39 is 108 Å². The molecule has 8 atom stereocenters. The van der Waals surface area contributed by atoms with Crippen molar-refractivity contribution in [3.05, 3.63) is 48.0 Å². The van der Waals surface area contributed by atoms with Crippen molar-refractivity contribution in [3.8, 4) is 5.75 Å². The molecule has 8 amide bonds. The van der Waals surface area contributed by atoms with Gasteiger partial charge in [0.25, 0.3) is 0 Å². The average molecular weight is 1000 g/mol. The van der Waals surface area contributed by atoms with Crippen LogP contribution in [0.25, 0.3) is 0 Å². The normalized spacial score (nSPS) is 14.4. The highest BCUT2D eigenvalue weighted by Gasteiger charge is 2.34. The Bertz CT molecular complexity index is 2100. The molecule has 0 aliphatic carbocycles. The van der Waals surface area contributed by atoms with E-state index in [1.165, 1.54) is 36.8 Å². The van der Waals surface area contributed by atoms with Gasteiger partial charge in [0, 0.05) is 31.3 Å². The number of carbonyl (C=O) groups excluding carboxylic acids is 8. The monoisotopic (exact) mass is 1000 g/mol. The number of benzene rings is 1. The molecule has 0 saturated heterocycles. The van der Waals surface area contributed by atoms with E-state index in [1.807, 2.05) is 20.8 Å². The Morgan fingerprint density at radius 1 is 0.704 bits per heavy atom. The van der Waals surface area contributed by atoms with Crippen LogP contribution >= 0.6 is 0 Å². The van der Waals surface area contributed by atoms with Gasteiger partial charge in [-0.25, -0.2) is 4.98 Å². The first-order valence-corrected chi connectivity index (χ1v) is 23.4. The molecule has 2 aromatic rings. The minimum absolute atomic E-state index is 0.0244. The van der Waals surface area contributed by atoms with Crippen LogP contribution in [0.3, 0.4) is 0 Å². The molecule has 0 saturated carbocycles. The molecule has 0 spiro atoms. The third-order valence-electron chi connectivity index (χ3n) is 11.2. The number of carbonyl (C=O) groups is 9. The quantitative estimate of drug-likeness (QED) is 0.0187. The molecule has 71 heavy (non-hydrogen) atoms. The number of nitrogens with zero attached hydrogens (tertiary/aromatic N) is 2. The number of phenols is 1. The Balaban J connectivity index is 2.41. The molecule has 0 fully saturated rings. The van der Waals surface area contributed by atoms with Crippen LogP contribution in [-0.2, 0) is 56.0 Å². The van der Waals surface area contributed by atoms with Crippen molar-refractivity contribution in [2.24, 2.45) is 45.5 Å². The van der Waals surface area contributed by atoms with Crippen LogP contribution in [0.1, 0.15) is 90.3 Å². The number of unbranched alkanes of at least 4 members (excludes halogenated alkanes) is 1. The topological polar surface area (TPSA) is 449 Å². The average Bonchev–Trinajstić information content (AvgIpc) is 3.83. The van der Waals surface area contributed by atoms with Gasteiger partial charge in [0.05, 0.1) is 25.3 Å². The molecule has 2 rings (SSSR count). The van der Waals surface area contributed by atoms with Crippen molar-refractivity contribution in [1.82, 2.24) is 47.2 Å². The number of aromatic hydroxyl groups is 1. The highest BCUT2D eigenvalue weighted by Crippen LogP contribution is 2.14. The van der Waals surface area contributed by atoms with Crippen molar-refractivity contribution in [2.75, 3.05) is 19.6 Å². The first-order chi connectivity index (χ1) is 33.5. The lowest BCUT2D eigenvalue weighted by molar-refractivity contribution is -0.141. The summed E-state index contributed by atoms with van der Waals surface area (Å²) in [6, 6.07) is -3.75. The van der Waals surface area contributed by atoms with E-state index in [1.54, 1.807) is 6.92 Å². The fourth-order valence-electron chi connectivity index (χ4n) is 6.95. The summed E-state index contributed by atoms with van der Waals surface area (Å²) < 4.78 is 0. The van der Waals surface area contributed by atoms with E-state index in [2.05, 4.69) is 52.2 Å². The van der Waals surface area contributed by atoms with Crippen molar-refractivity contribution in [2.45, 2.75) is 134 Å². The Kier molecular flexibility index (Phi) is 26.1. The van der Waals surface area contributed by atoms with Gasteiger partial charge in [-0.15, -0.1) is 0 Å². The van der Waals surface area contributed by atoms with Crippen molar-refractivity contribution in [3.63, 3.8) is 0 Å². The number of hydrogen-bond acceptors (Lipinski definition) is 14. The molecule has 0 bridgehead atoms. The number of carboxylic acid groups (broad SMARTS) is 1. The lowest BCUT2D eigenvalue weighted by Crippen LogP contribution is -2.60. The number of aliphatic imine (C=N–C) groups is 1. The van der Waals surface area contributed by atoms with Gasteiger partial charge in [-0.1, -0.05) is 46.2 Å². The van der Waals surface area contributed by atoms with Gasteiger partial charge in [-0.2, -0.15) is 0 Å². The second-order valence-corrected chi connectivity index (χ2v) is 17.6. The predicted molar refractivity (Wildman–Crippen MR) is 260 cm³/mol. The number of amides is 8. The van der Waals surface area contributed by atoms with E-state index in [0.717, 1.165) is 0 Å². The lowest BCUT2D eigenvalue weighted by Gasteiger charge is -2.27. The minimum Gasteiger partial charge on any atom is -0.508 e. The number of hydrogen-bond donors (Lipinski definition) is 15. The van der Waals surface area contributed by atoms with Crippen LogP contribution < -0.4 is 65.9 Å². The number of aromatic nitrogens is 2. The maximum Gasteiger partial charge on any atom is 0.305 e. The summed E-state index contributed by atoms with van der Waals surface area (Å²) in [6.45, 7) is 7.03. The SMILES string of the molecule is CC[C@H](C)[C@@H](N)C(=O)N[C@H](CC(C)C)C(=O)NCC(=O)N[C@H](Cc1cnc[nH]1)C(=O)N[C@H](CCCN=C(N)N)C(=O)N[C@H](CC(=O)O)C(=O)N[C@H](Cc1ccc(O)cc1)C(=O)N[C@H](CCCCN)C(N)=O. The Labute approximate surface area is 412 Å². The van der Waals surface area contributed by atoms with E-state index >= 15 is 0 Å². The highest BCUT2D eigenvalue weighted by atomic mass is 16.4. The lowest BCUT2D eigenvalue weighted by atomic mass is 9.97. The molecular weight excluding hydrogens is 927 g/mol. The molecule has 1 aromatic carbocycles.